The van der Waals surface area contributed by atoms with Crippen LogP contribution in [-0.4, -0.2) is 35.3 Å². The lowest BCUT2D eigenvalue weighted by Crippen LogP contribution is -2.37. The highest BCUT2D eigenvalue weighted by molar-refractivity contribution is 5.88. The highest BCUT2D eigenvalue weighted by Crippen LogP contribution is 2.10. The lowest BCUT2D eigenvalue weighted by Gasteiger charge is -2.22. The molecule has 0 spiro atoms. The van der Waals surface area contributed by atoms with Crippen LogP contribution in [0.2, 0.25) is 0 Å². The SMILES string of the molecule is CCCC(C)(O)CNCc1ccc(C(=O)OC)cn1. The van der Waals surface area contributed by atoms with E-state index < -0.39 is 11.6 Å². The summed E-state index contributed by atoms with van der Waals surface area (Å²) in [7, 11) is 1.34. The Balaban J connectivity index is 2.44. The van der Waals surface area contributed by atoms with Crippen LogP contribution in [0.25, 0.3) is 0 Å². The van der Waals surface area contributed by atoms with E-state index in [1.165, 1.54) is 13.3 Å². The normalized spacial score (nSPS) is 13.9. The molecule has 1 aromatic rings. The second-order valence-electron chi connectivity index (χ2n) is 4.88. The van der Waals surface area contributed by atoms with Crippen LogP contribution >= 0.6 is 0 Å². The Labute approximate surface area is 114 Å². The van der Waals surface area contributed by atoms with E-state index in [0.717, 1.165) is 18.5 Å². The summed E-state index contributed by atoms with van der Waals surface area (Å²) in [6, 6.07) is 3.45. The van der Waals surface area contributed by atoms with Crippen molar-refractivity contribution >= 4 is 5.97 Å². The number of hydrogen-bond acceptors (Lipinski definition) is 5. The zero-order chi connectivity index (χ0) is 14.3. The minimum absolute atomic E-state index is 0.391. The van der Waals surface area contributed by atoms with Crippen LogP contribution in [0.5, 0.6) is 0 Å². The number of pyridine rings is 1. The molecule has 0 saturated carbocycles. The average Bonchev–Trinajstić information content (AvgIpc) is 2.38. The number of carbonyl (C=O) groups excluding carboxylic acids is 1. The average molecular weight is 266 g/mol. The smallest absolute Gasteiger partial charge is 0.339 e. The Kier molecular flexibility index (Phi) is 5.92. The van der Waals surface area contributed by atoms with Gasteiger partial charge in [0, 0.05) is 19.3 Å². The molecule has 0 radical (unpaired) electrons. The van der Waals surface area contributed by atoms with Gasteiger partial charge in [0.05, 0.1) is 24.0 Å². The van der Waals surface area contributed by atoms with Crippen molar-refractivity contribution in [1.29, 1.82) is 0 Å². The van der Waals surface area contributed by atoms with E-state index in [1.54, 1.807) is 12.1 Å². The number of methoxy groups -OCH3 is 1. The van der Waals surface area contributed by atoms with Gasteiger partial charge in [-0.15, -0.1) is 0 Å². The van der Waals surface area contributed by atoms with E-state index in [0.29, 0.717) is 18.7 Å². The van der Waals surface area contributed by atoms with Gasteiger partial charge >= 0.3 is 5.97 Å². The quantitative estimate of drug-likeness (QED) is 0.732. The van der Waals surface area contributed by atoms with Gasteiger partial charge in [0.15, 0.2) is 0 Å². The molecule has 0 bridgehead atoms. The number of nitrogens with one attached hydrogen (secondary N) is 1. The van der Waals surface area contributed by atoms with Crippen molar-refractivity contribution in [1.82, 2.24) is 10.3 Å². The Morgan fingerprint density at radius 1 is 1.53 bits per heavy atom. The first-order valence-corrected chi connectivity index (χ1v) is 6.45. The van der Waals surface area contributed by atoms with Crippen molar-refractivity contribution in [2.75, 3.05) is 13.7 Å². The molecule has 0 fully saturated rings. The second-order valence-corrected chi connectivity index (χ2v) is 4.88. The fourth-order valence-electron chi connectivity index (χ4n) is 1.85. The van der Waals surface area contributed by atoms with E-state index in [4.69, 9.17) is 0 Å². The monoisotopic (exact) mass is 266 g/mol. The molecule has 1 unspecified atom stereocenters. The number of aliphatic hydroxyl groups is 1. The Morgan fingerprint density at radius 2 is 2.26 bits per heavy atom. The van der Waals surface area contributed by atoms with Gasteiger partial charge in [-0.05, 0) is 25.5 Å². The Morgan fingerprint density at radius 3 is 2.79 bits per heavy atom. The number of esters is 1. The van der Waals surface area contributed by atoms with Crippen molar-refractivity contribution in [3.8, 4) is 0 Å². The van der Waals surface area contributed by atoms with Crippen LogP contribution in [0.3, 0.4) is 0 Å². The van der Waals surface area contributed by atoms with Crippen molar-refractivity contribution in [2.45, 2.75) is 38.8 Å². The summed E-state index contributed by atoms with van der Waals surface area (Å²) in [4.78, 5) is 15.4. The van der Waals surface area contributed by atoms with Gasteiger partial charge in [-0.1, -0.05) is 13.3 Å². The molecular weight excluding hydrogens is 244 g/mol. The predicted octanol–water partition coefficient (Wildman–Crippen LogP) is 1.51. The molecule has 5 heteroatoms. The number of carbonyl (C=O) groups is 1. The number of nitrogens with zero attached hydrogens (tertiary/aromatic N) is 1. The van der Waals surface area contributed by atoms with Crippen LogP contribution in [0.15, 0.2) is 18.3 Å². The van der Waals surface area contributed by atoms with E-state index in [-0.39, 0.29) is 0 Å². The minimum atomic E-state index is -0.694. The first-order chi connectivity index (χ1) is 8.98. The molecule has 1 heterocycles. The summed E-state index contributed by atoms with van der Waals surface area (Å²) < 4.78 is 4.60. The van der Waals surface area contributed by atoms with Gasteiger partial charge in [0.1, 0.15) is 0 Å². The largest absolute Gasteiger partial charge is 0.465 e. The lowest BCUT2D eigenvalue weighted by molar-refractivity contribution is 0.0497. The molecule has 1 aromatic heterocycles. The zero-order valence-electron chi connectivity index (χ0n) is 11.8. The lowest BCUT2D eigenvalue weighted by atomic mass is 10.0. The fourth-order valence-corrected chi connectivity index (χ4v) is 1.85. The van der Waals surface area contributed by atoms with E-state index in [1.807, 2.05) is 13.8 Å². The number of aromatic nitrogens is 1. The Hall–Kier alpha value is -1.46. The molecule has 106 valence electrons. The molecule has 5 nitrogen and oxygen atoms in total. The van der Waals surface area contributed by atoms with Crippen LogP contribution in [-0.2, 0) is 11.3 Å². The highest BCUT2D eigenvalue weighted by Gasteiger charge is 2.18. The number of hydrogen-bond donors (Lipinski definition) is 2. The maximum Gasteiger partial charge on any atom is 0.339 e. The van der Waals surface area contributed by atoms with Gasteiger partial charge in [0.25, 0.3) is 0 Å². The van der Waals surface area contributed by atoms with Crippen LogP contribution in [0.4, 0.5) is 0 Å². The van der Waals surface area contributed by atoms with Gasteiger partial charge in [-0.2, -0.15) is 0 Å². The molecule has 0 amide bonds. The fraction of sp³-hybridized carbons (Fsp3) is 0.571. The first-order valence-electron chi connectivity index (χ1n) is 6.45. The summed E-state index contributed by atoms with van der Waals surface area (Å²) >= 11 is 0. The molecule has 19 heavy (non-hydrogen) atoms. The Bertz CT molecular complexity index is 402. The predicted molar refractivity (Wildman–Crippen MR) is 72.8 cm³/mol. The summed E-state index contributed by atoms with van der Waals surface area (Å²) in [5.41, 5.74) is 0.560. The van der Waals surface area contributed by atoms with Gasteiger partial charge in [0.2, 0.25) is 0 Å². The first kappa shape index (κ1) is 15.6. The molecule has 0 aliphatic rings. The van der Waals surface area contributed by atoms with Crippen LogP contribution in [0, 0.1) is 0 Å². The molecule has 0 saturated heterocycles. The standard InChI is InChI=1S/C14H22N2O3/c1-4-7-14(2,18)10-15-9-12-6-5-11(8-16-12)13(17)19-3/h5-6,8,15,18H,4,7,9-10H2,1-3H3. The summed E-state index contributed by atoms with van der Waals surface area (Å²) in [6.07, 6.45) is 3.20. The van der Waals surface area contributed by atoms with Crippen molar-refractivity contribution in [2.24, 2.45) is 0 Å². The van der Waals surface area contributed by atoms with Crippen molar-refractivity contribution in [3.63, 3.8) is 0 Å². The third-order valence-electron chi connectivity index (χ3n) is 2.85. The summed E-state index contributed by atoms with van der Waals surface area (Å²) in [6.45, 7) is 4.93. The third kappa shape index (κ3) is 5.36. The molecular formula is C14H22N2O3. The van der Waals surface area contributed by atoms with Gasteiger partial charge in [-0.3, -0.25) is 4.98 Å². The molecule has 1 rings (SSSR count). The summed E-state index contributed by atoms with van der Waals surface area (Å²) in [5.74, 6) is -0.391. The molecule has 2 N–H and O–H groups in total. The minimum Gasteiger partial charge on any atom is -0.465 e. The van der Waals surface area contributed by atoms with Gasteiger partial charge < -0.3 is 15.2 Å². The van der Waals surface area contributed by atoms with E-state index >= 15 is 0 Å². The number of ether oxygens (including phenoxy) is 1. The molecule has 0 aliphatic carbocycles. The topological polar surface area (TPSA) is 71.5 Å². The number of rotatable bonds is 7. The van der Waals surface area contributed by atoms with Gasteiger partial charge in [-0.25, -0.2) is 4.79 Å². The van der Waals surface area contributed by atoms with E-state index in [2.05, 4.69) is 15.0 Å². The maximum atomic E-state index is 11.2. The second kappa shape index (κ2) is 7.21. The molecule has 1 atom stereocenters. The third-order valence-corrected chi connectivity index (χ3v) is 2.85. The van der Waals surface area contributed by atoms with Crippen LogP contribution < -0.4 is 5.32 Å². The molecule has 0 aromatic carbocycles. The van der Waals surface area contributed by atoms with Crippen molar-refractivity contribution < 1.29 is 14.6 Å². The zero-order valence-corrected chi connectivity index (χ0v) is 11.8. The van der Waals surface area contributed by atoms with Crippen molar-refractivity contribution in [3.05, 3.63) is 29.6 Å². The summed E-state index contributed by atoms with van der Waals surface area (Å²) in [5, 5.41) is 13.2. The highest BCUT2D eigenvalue weighted by atomic mass is 16.5. The van der Waals surface area contributed by atoms with E-state index in [9.17, 15) is 9.90 Å². The molecule has 0 aliphatic heterocycles. The maximum absolute atomic E-state index is 11.2. The van der Waals surface area contributed by atoms with Crippen LogP contribution in [0.1, 0.15) is 42.7 Å².